The van der Waals surface area contributed by atoms with E-state index >= 15 is 0 Å². The first kappa shape index (κ1) is 21.8. The number of nitro benzene ring substituents is 1. The fourth-order valence-electron chi connectivity index (χ4n) is 2.63. The maximum atomic E-state index is 13.3. The molecule has 11 heteroatoms. The first-order valence-electron chi connectivity index (χ1n) is 8.71. The van der Waals surface area contributed by atoms with Crippen LogP contribution >= 0.6 is 0 Å². The van der Waals surface area contributed by atoms with Gasteiger partial charge in [-0.1, -0.05) is 6.07 Å². The largest absolute Gasteiger partial charge is 0.322 e. The quantitative estimate of drug-likeness (QED) is 0.433. The number of nitrogens with zero attached hydrogens (tertiary/aromatic N) is 1. The van der Waals surface area contributed by atoms with Crippen LogP contribution in [0.15, 0.2) is 65.6 Å². The van der Waals surface area contributed by atoms with Crippen molar-refractivity contribution in [2.45, 2.75) is 11.8 Å². The van der Waals surface area contributed by atoms with Crippen molar-refractivity contribution in [1.82, 2.24) is 0 Å². The third kappa shape index (κ3) is 5.01. The van der Waals surface area contributed by atoms with E-state index in [1.54, 1.807) is 6.92 Å². The van der Waals surface area contributed by atoms with Gasteiger partial charge in [0, 0.05) is 28.6 Å². The zero-order valence-electron chi connectivity index (χ0n) is 15.9. The molecular weight excluding hydrogens is 432 g/mol. The molecule has 0 atom stereocenters. The molecule has 0 heterocycles. The highest BCUT2D eigenvalue weighted by molar-refractivity contribution is 7.92. The minimum absolute atomic E-state index is 0.0901. The number of anilines is 2. The summed E-state index contributed by atoms with van der Waals surface area (Å²) in [6.45, 7) is 1.57. The zero-order valence-corrected chi connectivity index (χ0v) is 16.7. The number of carbonyl (C=O) groups is 1. The van der Waals surface area contributed by atoms with E-state index in [2.05, 4.69) is 10.0 Å². The Morgan fingerprint density at radius 3 is 2.19 bits per heavy atom. The van der Waals surface area contributed by atoms with Gasteiger partial charge in [0.05, 0.1) is 9.82 Å². The summed E-state index contributed by atoms with van der Waals surface area (Å²) in [7, 11) is -4.17. The molecule has 0 radical (unpaired) electrons. The van der Waals surface area contributed by atoms with Crippen LogP contribution in [0.25, 0.3) is 0 Å². The second-order valence-corrected chi connectivity index (χ2v) is 8.15. The number of hydrogen-bond donors (Lipinski definition) is 2. The molecule has 31 heavy (non-hydrogen) atoms. The third-order valence-electron chi connectivity index (χ3n) is 4.26. The highest BCUT2D eigenvalue weighted by Crippen LogP contribution is 2.23. The standard InChI is InChI=1S/C20H15F2N3O5S/c1-12-2-5-15(10-19(12)25(27)28)23-20(26)13-3-6-14(7-4-13)24-31(29,30)16-8-9-17(21)18(22)11-16/h2-11,24H,1H3,(H,23,26). The van der Waals surface area contributed by atoms with Crippen LogP contribution in [-0.4, -0.2) is 19.2 Å². The average molecular weight is 447 g/mol. The van der Waals surface area contributed by atoms with Crippen molar-refractivity contribution < 1.29 is 26.9 Å². The topological polar surface area (TPSA) is 118 Å². The van der Waals surface area contributed by atoms with E-state index in [1.807, 2.05) is 0 Å². The minimum atomic E-state index is -4.17. The summed E-state index contributed by atoms with van der Waals surface area (Å²) in [5.41, 5.74) is 0.789. The van der Waals surface area contributed by atoms with Crippen molar-refractivity contribution in [2.24, 2.45) is 0 Å². The molecule has 0 aliphatic rings. The van der Waals surface area contributed by atoms with Crippen LogP contribution in [0.4, 0.5) is 25.8 Å². The first-order chi connectivity index (χ1) is 14.6. The van der Waals surface area contributed by atoms with Crippen LogP contribution in [0, 0.1) is 28.7 Å². The predicted molar refractivity (Wildman–Crippen MR) is 109 cm³/mol. The molecule has 0 saturated heterocycles. The number of nitrogens with one attached hydrogen (secondary N) is 2. The molecule has 8 nitrogen and oxygen atoms in total. The van der Waals surface area contributed by atoms with Crippen molar-refractivity contribution in [3.8, 4) is 0 Å². The van der Waals surface area contributed by atoms with E-state index in [-0.39, 0.29) is 22.6 Å². The van der Waals surface area contributed by atoms with Gasteiger partial charge in [-0.15, -0.1) is 0 Å². The van der Waals surface area contributed by atoms with E-state index in [4.69, 9.17) is 0 Å². The van der Waals surface area contributed by atoms with Gasteiger partial charge >= 0.3 is 0 Å². The van der Waals surface area contributed by atoms with Gasteiger partial charge < -0.3 is 5.32 Å². The lowest BCUT2D eigenvalue weighted by Gasteiger charge is -2.10. The molecule has 0 saturated carbocycles. The number of amides is 1. The number of rotatable bonds is 6. The Labute approximate surface area is 175 Å². The fraction of sp³-hybridized carbons (Fsp3) is 0.0500. The molecule has 0 aliphatic carbocycles. The second kappa shape index (κ2) is 8.48. The fourth-order valence-corrected chi connectivity index (χ4v) is 3.70. The van der Waals surface area contributed by atoms with E-state index in [9.17, 15) is 32.1 Å². The number of aryl methyl sites for hydroxylation is 1. The number of halogens is 2. The molecule has 0 aromatic heterocycles. The Morgan fingerprint density at radius 1 is 0.935 bits per heavy atom. The number of sulfonamides is 1. The predicted octanol–water partition coefficient (Wildman–Crippen LogP) is 4.23. The van der Waals surface area contributed by atoms with Gasteiger partial charge in [0.25, 0.3) is 21.6 Å². The highest BCUT2D eigenvalue weighted by atomic mass is 32.2. The third-order valence-corrected chi connectivity index (χ3v) is 5.64. The maximum Gasteiger partial charge on any atom is 0.274 e. The molecule has 0 fully saturated rings. The smallest absolute Gasteiger partial charge is 0.274 e. The molecule has 3 rings (SSSR count). The summed E-state index contributed by atoms with van der Waals surface area (Å²) in [5, 5.41) is 13.5. The van der Waals surface area contributed by atoms with Crippen LogP contribution in [0.3, 0.4) is 0 Å². The Morgan fingerprint density at radius 2 is 1.58 bits per heavy atom. The molecule has 160 valence electrons. The molecule has 3 aromatic rings. The maximum absolute atomic E-state index is 13.3. The zero-order chi connectivity index (χ0) is 22.8. The second-order valence-electron chi connectivity index (χ2n) is 6.47. The van der Waals surface area contributed by atoms with Gasteiger partial charge in [-0.2, -0.15) is 0 Å². The lowest BCUT2D eigenvalue weighted by molar-refractivity contribution is -0.385. The molecular formula is C20H15F2N3O5S. The summed E-state index contributed by atoms with van der Waals surface area (Å²) in [4.78, 5) is 22.4. The van der Waals surface area contributed by atoms with Gasteiger partial charge in [-0.25, -0.2) is 17.2 Å². The lowest BCUT2D eigenvalue weighted by Crippen LogP contribution is -2.14. The van der Waals surface area contributed by atoms with Crippen LogP contribution < -0.4 is 10.0 Å². The number of carbonyl (C=O) groups excluding carboxylic acids is 1. The van der Waals surface area contributed by atoms with Gasteiger partial charge in [0.15, 0.2) is 11.6 Å². The summed E-state index contributed by atoms with van der Waals surface area (Å²) < 4.78 is 53.1. The van der Waals surface area contributed by atoms with Gasteiger partial charge in [0.1, 0.15) is 0 Å². The van der Waals surface area contributed by atoms with Crippen LogP contribution in [0.1, 0.15) is 15.9 Å². The van der Waals surface area contributed by atoms with Crippen LogP contribution in [-0.2, 0) is 10.0 Å². The van der Waals surface area contributed by atoms with Gasteiger partial charge in [-0.05, 0) is 55.5 Å². The van der Waals surface area contributed by atoms with Crippen molar-refractivity contribution in [1.29, 1.82) is 0 Å². The lowest BCUT2D eigenvalue weighted by atomic mass is 10.1. The van der Waals surface area contributed by atoms with E-state index in [1.165, 1.54) is 42.5 Å². The Bertz CT molecular complexity index is 1280. The average Bonchev–Trinajstić information content (AvgIpc) is 2.71. The molecule has 1 amide bonds. The van der Waals surface area contributed by atoms with Crippen molar-refractivity contribution in [3.63, 3.8) is 0 Å². The molecule has 0 unspecified atom stereocenters. The molecule has 0 bridgehead atoms. The summed E-state index contributed by atoms with van der Waals surface area (Å²) in [6.07, 6.45) is 0. The summed E-state index contributed by atoms with van der Waals surface area (Å²) >= 11 is 0. The monoisotopic (exact) mass is 447 g/mol. The van der Waals surface area contributed by atoms with Gasteiger partial charge in [-0.3, -0.25) is 19.6 Å². The molecule has 0 spiro atoms. The van der Waals surface area contributed by atoms with Crippen LogP contribution in [0.2, 0.25) is 0 Å². The van der Waals surface area contributed by atoms with Gasteiger partial charge in [0.2, 0.25) is 0 Å². The number of nitro groups is 1. The van der Waals surface area contributed by atoms with Crippen molar-refractivity contribution in [3.05, 3.63) is 93.5 Å². The first-order valence-corrected chi connectivity index (χ1v) is 10.2. The SMILES string of the molecule is Cc1ccc(NC(=O)c2ccc(NS(=O)(=O)c3ccc(F)c(F)c3)cc2)cc1[N+](=O)[O-]. The summed E-state index contributed by atoms with van der Waals surface area (Å²) in [5.74, 6) is -3.03. The molecule has 3 aromatic carbocycles. The number of benzene rings is 3. The number of hydrogen-bond acceptors (Lipinski definition) is 5. The minimum Gasteiger partial charge on any atom is -0.322 e. The van der Waals surface area contributed by atoms with Crippen LogP contribution in [0.5, 0.6) is 0 Å². The Hall–Kier alpha value is -3.86. The van der Waals surface area contributed by atoms with E-state index < -0.39 is 37.4 Å². The Balaban J connectivity index is 1.74. The molecule has 2 N–H and O–H groups in total. The molecule has 0 aliphatic heterocycles. The van der Waals surface area contributed by atoms with E-state index in [0.29, 0.717) is 17.7 Å². The normalized spacial score (nSPS) is 11.1. The Kier molecular flexibility index (Phi) is 5.97. The summed E-state index contributed by atoms with van der Waals surface area (Å²) in [6, 6.07) is 11.7. The van der Waals surface area contributed by atoms with E-state index in [0.717, 1.165) is 6.07 Å². The van der Waals surface area contributed by atoms with Crippen molar-refractivity contribution in [2.75, 3.05) is 10.0 Å². The van der Waals surface area contributed by atoms with Crippen molar-refractivity contribution >= 4 is 33.0 Å². The highest BCUT2D eigenvalue weighted by Gasteiger charge is 2.17.